The maximum atomic E-state index is 12.1. The quantitative estimate of drug-likeness (QED) is 0.702. The highest BCUT2D eigenvalue weighted by Crippen LogP contribution is 2.14. The van der Waals surface area contributed by atoms with Crippen molar-refractivity contribution >= 4 is 17.5 Å². The fourth-order valence-electron chi connectivity index (χ4n) is 2.48. The van der Waals surface area contributed by atoms with Crippen molar-refractivity contribution in [2.45, 2.75) is 13.5 Å². The minimum atomic E-state index is -0.332. The molecule has 0 unspecified atom stereocenters. The lowest BCUT2D eigenvalue weighted by Crippen LogP contribution is -2.28. The molecule has 25 heavy (non-hydrogen) atoms. The Bertz CT molecular complexity index is 888. The summed E-state index contributed by atoms with van der Waals surface area (Å²) in [6, 6.07) is 14.3. The first-order valence-corrected chi connectivity index (χ1v) is 7.85. The lowest BCUT2D eigenvalue weighted by Gasteiger charge is -2.12. The molecule has 2 N–H and O–H groups in total. The minimum absolute atomic E-state index is 0.0432. The number of anilines is 1. The number of aromatic nitrogens is 2. The van der Waals surface area contributed by atoms with Crippen LogP contribution in [0, 0.1) is 0 Å². The summed E-state index contributed by atoms with van der Waals surface area (Å²) >= 11 is 0. The summed E-state index contributed by atoms with van der Waals surface area (Å²) in [7, 11) is 0. The summed E-state index contributed by atoms with van der Waals surface area (Å²) < 4.78 is 1.89. The fraction of sp³-hybridized carbons (Fsp3) is 0.105. The Kier molecular flexibility index (Phi) is 4.89. The average Bonchev–Trinajstić information content (AvgIpc) is 3.15. The monoisotopic (exact) mass is 334 g/mol. The number of carbonyl (C=O) groups is 2. The Morgan fingerprint density at radius 1 is 1.12 bits per heavy atom. The number of Topliss-reactive ketones (excluding diaryl/α,β-unsaturated/α-hetero) is 1. The summed E-state index contributed by atoms with van der Waals surface area (Å²) in [5.74, 6) is -0.0432. The van der Waals surface area contributed by atoms with E-state index in [1.807, 2.05) is 35.0 Å². The van der Waals surface area contributed by atoms with Gasteiger partial charge >= 0.3 is 6.03 Å². The first-order valence-electron chi connectivity index (χ1n) is 7.85. The van der Waals surface area contributed by atoms with E-state index in [2.05, 4.69) is 15.6 Å². The van der Waals surface area contributed by atoms with E-state index in [0.29, 0.717) is 17.8 Å². The van der Waals surface area contributed by atoms with Gasteiger partial charge in [0.1, 0.15) is 0 Å². The molecule has 0 radical (unpaired) electrons. The maximum absolute atomic E-state index is 12.1. The van der Waals surface area contributed by atoms with Gasteiger partial charge in [-0.2, -0.15) is 0 Å². The van der Waals surface area contributed by atoms with Crippen LogP contribution in [0.1, 0.15) is 22.8 Å². The van der Waals surface area contributed by atoms with E-state index in [0.717, 1.165) is 11.3 Å². The van der Waals surface area contributed by atoms with Gasteiger partial charge in [0.15, 0.2) is 5.78 Å². The van der Waals surface area contributed by atoms with Crippen LogP contribution >= 0.6 is 0 Å². The van der Waals surface area contributed by atoms with Gasteiger partial charge in [-0.05, 0) is 30.7 Å². The molecule has 126 valence electrons. The number of para-hydroxylation sites is 1. The normalized spacial score (nSPS) is 10.3. The van der Waals surface area contributed by atoms with Crippen molar-refractivity contribution in [1.29, 1.82) is 0 Å². The summed E-state index contributed by atoms with van der Waals surface area (Å²) in [4.78, 5) is 27.6. The molecule has 0 aliphatic rings. The van der Waals surface area contributed by atoms with Crippen molar-refractivity contribution < 1.29 is 9.59 Å². The zero-order valence-electron chi connectivity index (χ0n) is 13.8. The first kappa shape index (κ1) is 16.4. The van der Waals surface area contributed by atoms with Gasteiger partial charge in [0.2, 0.25) is 0 Å². The highest BCUT2D eigenvalue weighted by molar-refractivity contribution is 5.96. The molecule has 2 aromatic carbocycles. The molecule has 6 heteroatoms. The highest BCUT2D eigenvalue weighted by Gasteiger charge is 2.07. The third kappa shape index (κ3) is 4.11. The van der Waals surface area contributed by atoms with Gasteiger partial charge in [0.25, 0.3) is 0 Å². The van der Waals surface area contributed by atoms with Crippen molar-refractivity contribution in [2.75, 3.05) is 5.32 Å². The number of carbonyl (C=O) groups excluding carboxylic acids is 2. The zero-order chi connectivity index (χ0) is 17.6. The number of rotatable bonds is 5. The number of nitrogens with one attached hydrogen (secondary N) is 2. The fourth-order valence-corrected chi connectivity index (χ4v) is 2.48. The Morgan fingerprint density at radius 3 is 2.72 bits per heavy atom. The van der Waals surface area contributed by atoms with Crippen molar-refractivity contribution in [1.82, 2.24) is 14.9 Å². The molecule has 0 spiro atoms. The summed E-state index contributed by atoms with van der Waals surface area (Å²) in [6.45, 7) is 1.86. The number of hydrogen-bond acceptors (Lipinski definition) is 3. The molecule has 0 atom stereocenters. The molecule has 0 saturated heterocycles. The van der Waals surface area contributed by atoms with Crippen LogP contribution in [-0.2, 0) is 6.54 Å². The highest BCUT2D eigenvalue weighted by atomic mass is 16.2. The minimum Gasteiger partial charge on any atom is -0.334 e. The van der Waals surface area contributed by atoms with Gasteiger partial charge in [-0.25, -0.2) is 9.78 Å². The van der Waals surface area contributed by atoms with Crippen molar-refractivity contribution in [3.63, 3.8) is 0 Å². The van der Waals surface area contributed by atoms with Crippen LogP contribution in [0.4, 0.5) is 10.5 Å². The van der Waals surface area contributed by atoms with E-state index in [9.17, 15) is 9.59 Å². The van der Waals surface area contributed by atoms with E-state index in [4.69, 9.17) is 0 Å². The third-order valence-electron chi connectivity index (χ3n) is 3.74. The molecular formula is C19H18N4O2. The predicted octanol–water partition coefficient (Wildman–Crippen LogP) is 3.40. The second-order valence-electron chi connectivity index (χ2n) is 5.54. The number of nitrogens with zero attached hydrogens (tertiary/aromatic N) is 2. The smallest absolute Gasteiger partial charge is 0.319 e. The number of amides is 2. The second kappa shape index (κ2) is 7.44. The molecule has 0 fully saturated rings. The van der Waals surface area contributed by atoms with E-state index >= 15 is 0 Å². The van der Waals surface area contributed by atoms with Crippen LogP contribution in [0.15, 0.2) is 67.3 Å². The molecule has 3 rings (SSSR count). The standard InChI is InChI=1S/C19H18N4O2/c1-14(24)15-6-4-7-17(11-15)22-19(25)21-12-16-5-2-3-8-18(16)23-10-9-20-13-23/h2-11,13H,12H2,1H3,(H2,21,22,25). The number of hydrogen-bond donors (Lipinski definition) is 2. The van der Waals surface area contributed by atoms with Crippen molar-refractivity contribution in [3.05, 3.63) is 78.4 Å². The Hall–Kier alpha value is -3.41. The predicted molar refractivity (Wildman–Crippen MR) is 95.9 cm³/mol. The lowest BCUT2D eigenvalue weighted by atomic mass is 10.1. The Balaban J connectivity index is 1.66. The molecule has 3 aromatic rings. The topological polar surface area (TPSA) is 76.0 Å². The summed E-state index contributed by atoms with van der Waals surface area (Å²) in [6.07, 6.45) is 5.28. The van der Waals surface area contributed by atoms with Gasteiger partial charge < -0.3 is 15.2 Å². The van der Waals surface area contributed by atoms with E-state index in [1.54, 1.807) is 36.8 Å². The van der Waals surface area contributed by atoms with Crippen LogP contribution in [0.25, 0.3) is 5.69 Å². The number of imidazole rings is 1. The van der Waals surface area contributed by atoms with E-state index in [-0.39, 0.29) is 11.8 Å². The molecule has 0 aliphatic carbocycles. The zero-order valence-corrected chi connectivity index (χ0v) is 13.8. The SMILES string of the molecule is CC(=O)c1cccc(NC(=O)NCc2ccccc2-n2ccnc2)c1. The van der Waals surface area contributed by atoms with Crippen molar-refractivity contribution in [2.24, 2.45) is 0 Å². The Morgan fingerprint density at radius 2 is 1.96 bits per heavy atom. The molecule has 1 aromatic heterocycles. The molecule has 0 bridgehead atoms. The van der Waals surface area contributed by atoms with E-state index in [1.165, 1.54) is 6.92 Å². The molecule has 0 saturated carbocycles. The largest absolute Gasteiger partial charge is 0.334 e. The lowest BCUT2D eigenvalue weighted by molar-refractivity contribution is 0.101. The van der Waals surface area contributed by atoms with Crippen LogP contribution in [0.5, 0.6) is 0 Å². The third-order valence-corrected chi connectivity index (χ3v) is 3.74. The summed E-state index contributed by atoms with van der Waals surface area (Å²) in [5.41, 5.74) is 3.06. The van der Waals surface area contributed by atoms with Gasteiger partial charge in [-0.1, -0.05) is 30.3 Å². The molecule has 2 amide bonds. The van der Waals surface area contributed by atoms with Gasteiger partial charge in [-0.3, -0.25) is 4.79 Å². The number of urea groups is 1. The Labute approximate surface area is 145 Å². The number of benzene rings is 2. The van der Waals surface area contributed by atoms with Gasteiger partial charge in [-0.15, -0.1) is 0 Å². The van der Waals surface area contributed by atoms with Crippen LogP contribution in [-0.4, -0.2) is 21.4 Å². The van der Waals surface area contributed by atoms with Gasteiger partial charge in [0, 0.05) is 30.2 Å². The molecule has 1 heterocycles. The van der Waals surface area contributed by atoms with Crippen molar-refractivity contribution in [3.8, 4) is 5.69 Å². The van der Waals surface area contributed by atoms with Crippen LogP contribution in [0.2, 0.25) is 0 Å². The maximum Gasteiger partial charge on any atom is 0.319 e. The number of ketones is 1. The second-order valence-corrected chi connectivity index (χ2v) is 5.54. The molecule has 6 nitrogen and oxygen atoms in total. The molecule has 0 aliphatic heterocycles. The first-order chi connectivity index (χ1) is 12.1. The average molecular weight is 334 g/mol. The van der Waals surface area contributed by atoms with Crippen LogP contribution < -0.4 is 10.6 Å². The van der Waals surface area contributed by atoms with Crippen LogP contribution in [0.3, 0.4) is 0 Å². The summed E-state index contributed by atoms with van der Waals surface area (Å²) in [5, 5.41) is 5.57. The molecular weight excluding hydrogens is 316 g/mol. The van der Waals surface area contributed by atoms with Gasteiger partial charge in [0.05, 0.1) is 12.0 Å². The van der Waals surface area contributed by atoms with E-state index < -0.39 is 0 Å².